The minimum absolute atomic E-state index is 0.124. The first-order chi connectivity index (χ1) is 13.6. The molecule has 7 nitrogen and oxygen atoms in total. The average molecular weight is 421 g/mol. The maximum atomic E-state index is 13.7. The lowest BCUT2D eigenvalue weighted by Crippen LogP contribution is -2.43. The molecule has 0 heterocycles. The van der Waals surface area contributed by atoms with E-state index >= 15 is 0 Å². The number of aliphatic hydroxyl groups is 1. The molecule has 0 saturated carbocycles. The molecule has 0 aliphatic rings. The highest BCUT2D eigenvalue weighted by molar-refractivity contribution is 7.56. The van der Waals surface area contributed by atoms with E-state index in [0.29, 0.717) is 22.6 Å². The van der Waals surface area contributed by atoms with Crippen molar-refractivity contribution in [1.29, 1.82) is 0 Å². The lowest BCUT2D eigenvalue weighted by molar-refractivity contribution is 0.0603. The van der Waals surface area contributed by atoms with Crippen LogP contribution >= 0.6 is 7.59 Å². The number of hydrogen-bond donors (Lipinski definition) is 1. The lowest BCUT2D eigenvalue weighted by atomic mass is 9.86. The van der Waals surface area contributed by atoms with Crippen LogP contribution in [0.2, 0.25) is 0 Å². The molecule has 160 valence electrons. The summed E-state index contributed by atoms with van der Waals surface area (Å²) in [6, 6.07) is 14.5. The van der Waals surface area contributed by atoms with Crippen LogP contribution in [0.4, 0.5) is 0 Å². The van der Waals surface area contributed by atoms with E-state index in [0.717, 1.165) is 0 Å². The van der Waals surface area contributed by atoms with Crippen molar-refractivity contribution >= 4 is 7.59 Å². The van der Waals surface area contributed by atoms with Crippen LogP contribution in [0, 0.1) is 0 Å². The van der Waals surface area contributed by atoms with Crippen molar-refractivity contribution in [1.82, 2.24) is 14.0 Å². The highest BCUT2D eigenvalue weighted by Crippen LogP contribution is 2.53. The second kappa shape index (κ2) is 9.28. The summed E-state index contributed by atoms with van der Waals surface area (Å²) in [4.78, 5) is 0. The molecular weight excluding hydrogens is 389 g/mol. The van der Waals surface area contributed by atoms with Crippen LogP contribution in [0.1, 0.15) is 11.1 Å². The van der Waals surface area contributed by atoms with E-state index in [1.165, 1.54) is 0 Å². The van der Waals surface area contributed by atoms with Crippen molar-refractivity contribution in [2.24, 2.45) is 0 Å². The molecule has 2 aromatic carbocycles. The number of rotatable bonds is 9. The summed E-state index contributed by atoms with van der Waals surface area (Å²) in [6.07, 6.45) is 0. The van der Waals surface area contributed by atoms with E-state index in [4.69, 9.17) is 9.47 Å². The Morgan fingerprint density at radius 2 is 1.14 bits per heavy atom. The fraction of sp³-hybridized carbons (Fsp3) is 0.429. The van der Waals surface area contributed by atoms with E-state index in [1.807, 2.05) is 24.3 Å². The summed E-state index contributed by atoms with van der Waals surface area (Å²) in [6.45, 7) is 0.124. The van der Waals surface area contributed by atoms with Crippen molar-refractivity contribution in [2.75, 3.05) is 56.0 Å². The van der Waals surface area contributed by atoms with Gasteiger partial charge in [0.15, 0.2) is 0 Å². The van der Waals surface area contributed by atoms with Gasteiger partial charge in [-0.1, -0.05) is 24.3 Å². The topological polar surface area (TPSA) is 65.5 Å². The highest BCUT2D eigenvalue weighted by Gasteiger charge is 2.41. The van der Waals surface area contributed by atoms with Crippen molar-refractivity contribution < 1.29 is 19.1 Å². The Labute approximate surface area is 174 Å². The number of ether oxygens (including phenoxy) is 2. The predicted molar refractivity (Wildman–Crippen MR) is 117 cm³/mol. The first kappa shape index (κ1) is 23.4. The third-order valence-corrected chi connectivity index (χ3v) is 8.19. The van der Waals surface area contributed by atoms with Crippen molar-refractivity contribution in [3.05, 3.63) is 59.7 Å². The zero-order valence-electron chi connectivity index (χ0n) is 18.3. The Morgan fingerprint density at radius 3 is 1.41 bits per heavy atom. The molecule has 2 rings (SSSR count). The van der Waals surface area contributed by atoms with Crippen LogP contribution in [-0.2, 0) is 10.2 Å². The number of benzene rings is 2. The summed E-state index contributed by atoms with van der Waals surface area (Å²) >= 11 is 0. The monoisotopic (exact) mass is 421 g/mol. The number of methoxy groups -OCH3 is 2. The summed E-state index contributed by atoms with van der Waals surface area (Å²) in [5, 5.41) is 11.9. The average Bonchev–Trinajstić information content (AvgIpc) is 2.72. The Balaban J connectivity index is 2.55. The van der Waals surface area contributed by atoms with Crippen molar-refractivity contribution in [3.8, 4) is 11.5 Å². The fourth-order valence-electron chi connectivity index (χ4n) is 3.47. The summed E-state index contributed by atoms with van der Waals surface area (Å²) in [7, 11) is 9.03. The van der Waals surface area contributed by atoms with Crippen LogP contribution in [0.15, 0.2) is 48.5 Å². The smallest absolute Gasteiger partial charge is 0.285 e. The molecule has 2 aromatic rings. The Bertz CT molecular complexity index is 779. The molecule has 0 unspecified atom stereocenters. The van der Waals surface area contributed by atoms with Gasteiger partial charge in [0.25, 0.3) is 7.59 Å². The first-order valence-electron chi connectivity index (χ1n) is 9.28. The van der Waals surface area contributed by atoms with E-state index < -0.39 is 13.2 Å². The van der Waals surface area contributed by atoms with Gasteiger partial charge in [-0.05, 0) is 70.6 Å². The molecule has 0 spiro atoms. The van der Waals surface area contributed by atoms with Gasteiger partial charge in [0.05, 0.1) is 14.2 Å². The van der Waals surface area contributed by atoms with Crippen LogP contribution in [0.5, 0.6) is 11.5 Å². The molecule has 0 fully saturated rings. The van der Waals surface area contributed by atoms with Gasteiger partial charge in [-0.25, -0.2) is 14.0 Å². The third kappa shape index (κ3) is 4.65. The number of hydrogen-bond acceptors (Lipinski definition) is 4. The quantitative estimate of drug-likeness (QED) is 0.624. The largest absolute Gasteiger partial charge is 0.497 e. The van der Waals surface area contributed by atoms with Crippen LogP contribution in [0.25, 0.3) is 0 Å². The van der Waals surface area contributed by atoms with Gasteiger partial charge in [-0.15, -0.1) is 0 Å². The molecule has 29 heavy (non-hydrogen) atoms. The van der Waals surface area contributed by atoms with E-state index in [2.05, 4.69) is 0 Å². The molecule has 0 amide bonds. The summed E-state index contributed by atoms with van der Waals surface area (Å²) in [5.74, 6) is 1.40. The van der Waals surface area contributed by atoms with Crippen LogP contribution in [-0.4, -0.2) is 75.1 Å². The third-order valence-electron chi connectivity index (χ3n) is 5.08. The van der Waals surface area contributed by atoms with Crippen LogP contribution in [0.3, 0.4) is 0 Å². The molecule has 8 heteroatoms. The Kier molecular flexibility index (Phi) is 7.49. The molecule has 0 aliphatic carbocycles. The molecule has 0 bridgehead atoms. The Hall–Kier alpha value is -1.89. The van der Waals surface area contributed by atoms with Crippen molar-refractivity contribution in [2.45, 2.75) is 5.60 Å². The van der Waals surface area contributed by atoms with Gasteiger partial charge in [-0.2, -0.15) is 0 Å². The van der Waals surface area contributed by atoms with Gasteiger partial charge >= 0.3 is 0 Å². The van der Waals surface area contributed by atoms with Gasteiger partial charge in [-0.3, -0.25) is 4.57 Å². The maximum Gasteiger partial charge on any atom is 0.285 e. The fourth-order valence-corrected chi connectivity index (χ4v) is 5.80. The van der Waals surface area contributed by atoms with Crippen LogP contribution < -0.4 is 9.47 Å². The molecule has 1 N–H and O–H groups in total. The van der Waals surface area contributed by atoms with E-state index in [-0.39, 0.29) is 6.54 Å². The molecule has 0 saturated heterocycles. The summed E-state index contributed by atoms with van der Waals surface area (Å²) < 4.78 is 29.3. The van der Waals surface area contributed by atoms with Gasteiger partial charge < -0.3 is 14.6 Å². The second-order valence-electron chi connectivity index (χ2n) is 7.34. The van der Waals surface area contributed by atoms with Gasteiger partial charge in [0.1, 0.15) is 17.1 Å². The second-order valence-corrected chi connectivity index (χ2v) is 10.7. The van der Waals surface area contributed by atoms with Crippen molar-refractivity contribution in [3.63, 3.8) is 0 Å². The minimum Gasteiger partial charge on any atom is -0.497 e. The molecule has 0 radical (unpaired) electrons. The van der Waals surface area contributed by atoms with E-state index in [1.54, 1.807) is 87.7 Å². The molecule has 0 aliphatic heterocycles. The number of nitrogens with zero attached hydrogens (tertiary/aromatic N) is 3. The molecular formula is C21H32N3O4P. The summed E-state index contributed by atoms with van der Waals surface area (Å²) in [5.41, 5.74) is -0.0339. The zero-order valence-corrected chi connectivity index (χ0v) is 19.2. The molecule has 0 aromatic heterocycles. The standard InChI is InChI=1S/C21H32N3O4P/c1-22(2)29(26,23(3)4)24(5)16-21(25,17-8-12-19(27-6)13-9-17)18-10-14-20(28-7)15-11-18/h8-15,25H,16H2,1-7H3. The highest BCUT2D eigenvalue weighted by atomic mass is 31.2. The first-order valence-corrected chi connectivity index (χ1v) is 10.8. The SMILES string of the molecule is COc1ccc(C(O)(CN(C)P(=O)(N(C)C)N(C)C)c2ccc(OC)cc2)cc1. The maximum absolute atomic E-state index is 13.7. The van der Waals surface area contributed by atoms with Gasteiger partial charge in [0, 0.05) is 6.54 Å². The minimum atomic E-state index is -3.03. The van der Waals surface area contributed by atoms with Gasteiger partial charge in [0.2, 0.25) is 0 Å². The predicted octanol–water partition coefficient (Wildman–Crippen LogP) is 3.10. The molecule has 0 atom stereocenters. The number of likely N-dealkylation sites (N-methyl/N-ethyl adjacent to an activating group) is 1. The normalized spacial score (nSPS) is 12.7. The Morgan fingerprint density at radius 1 is 0.793 bits per heavy atom. The lowest BCUT2D eigenvalue weighted by Gasteiger charge is -2.41. The van der Waals surface area contributed by atoms with E-state index in [9.17, 15) is 9.67 Å². The zero-order chi connectivity index (χ0) is 21.8.